The molecule has 1 amide bonds. The minimum Gasteiger partial charge on any atom is -0.481 e. The number of pyridine rings is 1. The maximum absolute atomic E-state index is 11.8. The Bertz CT molecular complexity index is 999. The number of aliphatic carboxylic acids is 1. The van der Waals surface area contributed by atoms with Crippen molar-refractivity contribution in [3.05, 3.63) is 34.6 Å². The van der Waals surface area contributed by atoms with Gasteiger partial charge in [-0.3, -0.25) is 14.6 Å². The first-order valence-corrected chi connectivity index (χ1v) is 10.8. The topological polar surface area (TPSA) is 117 Å². The Balaban J connectivity index is 1.78. The number of rotatable bonds is 7. The summed E-state index contributed by atoms with van der Waals surface area (Å²) < 4.78 is 0. The van der Waals surface area contributed by atoms with Gasteiger partial charge in [-0.2, -0.15) is 5.10 Å². The van der Waals surface area contributed by atoms with Gasteiger partial charge in [0.25, 0.3) is 0 Å². The number of aromatic nitrogens is 2. The lowest BCUT2D eigenvalue weighted by atomic mass is 10.2. The predicted octanol–water partition coefficient (Wildman–Crippen LogP) is 3.25. The molecule has 29 heavy (non-hydrogen) atoms. The largest absolute Gasteiger partial charge is 0.481 e. The fraction of sp³-hybridized carbons (Fsp3) is 0.368. The predicted molar refractivity (Wildman–Crippen MR) is 115 cm³/mol. The van der Waals surface area contributed by atoms with Gasteiger partial charge in [0, 0.05) is 17.5 Å². The first kappa shape index (κ1) is 21.1. The first-order chi connectivity index (χ1) is 13.9. The number of hydrogen-bond acceptors (Lipinski definition) is 8. The highest BCUT2D eigenvalue weighted by Crippen LogP contribution is 2.29. The molecule has 3 heterocycles. The summed E-state index contributed by atoms with van der Waals surface area (Å²) >= 11 is 2.61. The van der Waals surface area contributed by atoms with Gasteiger partial charge in [0.1, 0.15) is 10.3 Å². The van der Waals surface area contributed by atoms with E-state index in [9.17, 15) is 9.59 Å². The molecule has 0 unspecified atom stereocenters. The van der Waals surface area contributed by atoms with Crippen LogP contribution >= 0.6 is 23.1 Å². The number of nitrogens with zero attached hydrogens (tertiary/aromatic N) is 4. The lowest BCUT2D eigenvalue weighted by molar-refractivity contribution is -0.138. The molecular weight excluding hydrogens is 410 g/mol. The number of carbonyl (C=O) groups excluding carboxylic acids is 1. The molecule has 2 aromatic rings. The number of amides is 1. The van der Waals surface area contributed by atoms with Gasteiger partial charge in [0.15, 0.2) is 5.17 Å². The molecule has 2 aromatic heterocycles. The quantitative estimate of drug-likeness (QED) is 0.513. The van der Waals surface area contributed by atoms with E-state index < -0.39 is 11.2 Å². The Morgan fingerprint density at radius 3 is 2.93 bits per heavy atom. The normalized spacial score (nSPS) is 18.3. The van der Waals surface area contributed by atoms with E-state index in [4.69, 9.17) is 5.11 Å². The molecule has 0 saturated carbocycles. The number of aryl methyl sites for hydroxylation is 2. The van der Waals surface area contributed by atoms with Crippen molar-refractivity contribution in [2.24, 2.45) is 10.2 Å². The number of amidine groups is 1. The van der Waals surface area contributed by atoms with Crippen LogP contribution < -0.4 is 5.32 Å². The van der Waals surface area contributed by atoms with Crippen molar-refractivity contribution >= 4 is 45.9 Å². The summed E-state index contributed by atoms with van der Waals surface area (Å²) in [6.45, 7) is 5.88. The van der Waals surface area contributed by atoms with Crippen LogP contribution in [0.1, 0.15) is 43.0 Å². The van der Waals surface area contributed by atoms with Gasteiger partial charge in [-0.15, -0.1) is 16.4 Å². The number of nitrogens with one attached hydrogen (secondary N) is 1. The van der Waals surface area contributed by atoms with Crippen molar-refractivity contribution in [3.63, 3.8) is 0 Å². The van der Waals surface area contributed by atoms with E-state index in [1.54, 1.807) is 6.20 Å². The molecule has 1 aliphatic rings. The van der Waals surface area contributed by atoms with Crippen molar-refractivity contribution < 1.29 is 14.7 Å². The van der Waals surface area contributed by atoms with Crippen molar-refractivity contribution in [3.8, 4) is 10.6 Å². The summed E-state index contributed by atoms with van der Waals surface area (Å²) in [5.41, 5.74) is 3.60. The highest BCUT2D eigenvalue weighted by Gasteiger charge is 2.32. The Morgan fingerprint density at radius 1 is 1.41 bits per heavy atom. The van der Waals surface area contributed by atoms with Crippen LogP contribution in [0.4, 0.5) is 0 Å². The molecular formula is C19H21N5O3S2. The number of carbonyl (C=O) groups is 2. The van der Waals surface area contributed by atoms with Crippen LogP contribution in [-0.4, -0.2) is 43.1 Å². The number of carboxylic acids is 1. The first-order valence-electron chi connectivity index (χ1n) is 9.12. The summed E-state index contributed by atoms with van der Waals surface area (Å²) in [5.74, 6) is -1.38. The molecule has 0 aromatic carbocycles. The Labute approximate surface area is 176 Å². The Hall–Kier alpha value is -2.59. The molecule has 10 heteroatoms. The number of thioether (sulfide) groups is 1. The average molecular weight is 432 g/mol. The molecule has 1 atom stereocenters. The van der Waals surface area contributed by atoms with Crippen LogP contribution in [-0.2, 0) is 16.0 Å². The van der Waals surface area contributed by atoms with Gasteiger partial charge in [0.2, 0.25) is 5.91 Å². The van der Waals surface area contributed by atoms with Gasteiger partial charge in [0.05, 0.1) is 22.7 Å². The number of thiazole rings is 1. The zero-order valence-corrected chi connectivity index (χ0v) is 17.9. The third-order valence-electron chi connectivity index (χ3n) is 4.12. The molecule has 2 N–H and O–H groups in total. The molecule has 1 saturated heterocycles. The molecule has 1 aliphatic heterocycles. The average Bonchev–Trinajstić information content (AvgIpc) is 3.23. The van der Waals surface area contributed by atoms with Crippen LogP contribution in [0.2, 0.25) is 0 Å². The van der Waals surface area contributed by atoms with Crippen LogP contribution in [0.3, 0.4) is 0 Å². The van der Waals surface area contributed by atoms with E-state index in [1.807, 2.05) is 19.9 Å². The smallest absolute Gasteiger partial charge is 0.305 e. The summed E-state index contributed by atoms with van der Waals surface area (Å²) in [6.07, 6.45) is 3.51. The van der Waals surface area contributed by atoms with E-state index in [1.165, 1.54) is 11.3 Å². The minimum atomic E-state index is -1.02. The van der Waals surface area contributed by atoms with E-state index in [-0.39, 0.29) is 12.3 Å². The summed E-state index contributed by atoms with van der Waals surface area (Å²) in [6, 6.07) is 4.01. The lowest BCUT2D eigenvalue weighted by Gasteiger charge is -2.00. The van der Waals surface area contributed by atoms with Gasteiger partial charge >= 0.3 is 5.97 Å². The van der Waals surface area contributed by atoms with E-state index in [2.05, 4.69) is 38.5 Å². The van der Waals surface area contributed by atoms with Gasteiger partial charge < -0.3 is 10.4 Å². The maximum atomic E-state index is 11.8. The van der Waals surface area contributed by atoms with Crippen molar-refractivity contribution in [2.75, 3.05) is 0 Å². The third-order valence-corrected chi connectivity index (χ3v) is 6.51. The maximum Gasteiger partial charge on any atom is 0.305 e. The number of carboxylic acid groups (broad SMARTS) is 1. The number of hydrogen-bond donors (Lipinski definition) is 2. The fourth-order valence-electron chi connectivity index (χ4n) is 2.77. The Morgan fingerprint density at radius 2 is 2.21 bits per heavy atom. The highest BCUT2D eigenvalue weighted by molar-refractivity contribution is 8.15. The van der Waals surface area contributed by atoms with Crippen LogP contribution in [0.25, 0.3) is 10.6 Å². The van der Waals surface area contributed by atoms with Crippen LogP contribution in [0.5, 0.6) is 0 Å². The summed E-state index contributed by atoms with van der Waals surface area (Å²) in [5, 5.41) is 20.2. The molecule has 152 valence electrons. The zero-order chi connectivity index (χ0) is 21.0. The highest BCUT2D eigenvalue weighted by atomic mass is 32.2. The fourth-order valence-corrected chi connectivity index (χ4v) is 4.68. The third kappa shape index (κ3) is 5.27. The second-order valence-electron chi connectivity index (χ2n) is 6.50. The van der Waals surface area contributed by atoms with Crippen molar-refractivity contribution in [2.45, 2.75) is 45.3 Å². The zero-order valence-electron chi connectivity index (χ0n) is 16.3. The van der Waals surface area contributed by atoms with Gasteiger partial charge in [-0.1, -0.05) is 25.1 Å². The molecule has 1 fully saturated rings. The van der Waals surface area contributed by atoms with Crippen molar-refractivity contribution in [1.82, 2.24) is 15.3 Å². The summed E-state index contributed by atoms with van der Waals surface area (Å²) in [7, 11) is 0. The Kier molecular flexibility index (Phi) is 6.75. The molecule has 0 spiro atoms. The molecule has 0 bridgehead atoms. The lowest BCUT2D eigenvalue weighted by Crippen LogP contribution is -2.26. The van der Waals surface area contributed by atoms with Gasteiger partial charge in [-0.05, 0) is 32.4 Å². The molecule has 3 rings (SSSR count). The summed E-state index contributed by atoms with van der Waals surface area (Å²) in [4.78, 5) is 32.5. The molecule has 0 radical (unpaired) electrons. The second-order valence-corrected chi connectivity index (χ2v) is 8.69. The molecule has 0 aliphatic carbocycles. The van der Waals surface area contributed by atoms with Gasteiger partial charge in [-0.25, -0.2) is 4.98 Å². The van der Waals surface area contributed by atoms with Crippen LogP contribution in [0.15, 0.2) is 28.5 Å². The van der Waals surface area contributed by atoms with E-state index in [0.29, 0.717) is 10.9 Å². The monoisotopic (exact) mass is 431 g/mol. The van der Waals surface area contributed by atoms with E-state index in [0.717, 1.165) is 51.4 Å². The second kappa shape index (κ2) is 9.27. The SMILES string of the molecule is CCCc1cc(-c2nc(C)c(/C(C)=N\N=C3NC(=O)[C@H](CC(=O)O)S3)s2)ccn1. The van der Waals surface area contributed by atoms with E-state index >= 15 is 0 Å². The molecule has 8 nitrogen and oxygen atoms in total. The minimum absolute atomic E-state index is 0.249. The van der Waals surface area contributed by atoms with Crippen molar-refractivity contribution in [1.29, 1.82) is 0 Å². The van der Waals surface area contributed by atoms with Crippen LogP contribution in [0, 0.1) is 6.92 Å². The standard InChI is InChI=1S/C19H21N5O3S2/c1-4-5-13-8-12(6-7-20-13)18-21-10(2)16(29-18)11(3)23-24-19-22-17(27)14(28-19)9-15(25)26/h6-8,14H,4-5,9H2,1-3H3,(H,25,26)(H,22,24,27)/b23-11-/t14-/m0/s1.